The van der Waals surface area contributed by atoms with Gasteiger partial charge in [0.25, 0.3) is 0 Å². The van der Waals surface area contributed by atoms with E-state index in [1.54, 1.807) is 0 Å². The SMILES string of the molecule is CCN(c1cc(B2OC(C)(C)C(C)(C)O2)cc(Cc2ccccc2)c1C)C1CCN(C(=O)OC(C)(C)C)CC1. The molecule has 2 aromatic carbocycles. The molecule has 1 amide bonds. The molecule has 0 N–H and O–H groups in total. The van der Waals surface area contributed by atoms with Gasteiger partial charge in [-0.05, 0) is 110 Å². The molecule has 4 rings (SSSR count). The zero-order valence-electron chi connectivity index (χ0n) is 25.5. The molecule has 2 saturated heterocycles. The van der Waals surface area contributed by atoms with Gasteiger partial charge in [0.15, 0.2) is 0 Å². The van der Waals surface area contributed by atoms with Crippen molar-refractivity contribution in [2.45, 2.75) is 104 Å². The van der Waals surface area contributed by atoms with Gasteiger partial charge < -0.3 is 23.8 Å². The summed E-state index contributed by atoms with van der Waals surface area (Å²) < 4.78 is 18.6. The monoisotopic (exact) mass is 534 g/mol. The van der Waals surface area contributed by atoms with Crippen molar-refractivity contribution in [3.05, 3.63) is 59.2 Å². The molecular weight excluding hydrogens is 487 g/mol. The number of hydrogen-bond donors (Lipinski definition) is 0. The Kier molecular flexibility index (Phi) is 8.44. The second-order valence-electron chi connectivity index (χ2n) is 13.1. The van der Waals surface area contributed by atoms with Gasteiger partial charge in [-0.15, -0.1) is 0 Å². The quantitative estimate of drug-likeness (QED) is 0.419. The summed E-state index contributed by atoms with van der Waals surface area (Å²) in [4.78, 5) is 17.0. The van der Waals surface area contributed by atoms with Crippen molar-refractivity contribution in [3.63, 3.8) is 0 Å². The Hall–Kier alpha value is -2.51. The summed E-state index contributed by atoms with van der Waals surface area (Å²) >= 11 is 0. The van der Waals surface area contributed by atoms with Crippen LogP contribution in [0.25, 0.3) is 0 Å². The fourth-order valence-corrected chi connectivity index (χ4v) is 5.51. The maximum atomic E-state index is 12.7. The highest BCUT2D eigenvalue weighted by atomic mass is 16.7. The molecule has 2 aliphatic heterocycles. The molecule has 6 nitrogen and oxygen atoms in total. The molecule has 0 radical (unpaired) electrons. The number of ether oxygens (including phenoxy) is 1. The van der Waals surface area contributed by atoms with E-state index in [1.807, 2.05) is 25.7 Å². The fraction of sp³-hybridized carbons (Fsp3) is 0.594. The Morgan fingerprint density at radius 3 is 2.18 bits per heavy atom. The van der Waals surface area contributed by atoms with E-state index in [2.05, 4.69) is 88.9 Å². The Balaban J connectivity index is 1.64. The molecule has 0 spiro atoms. The van der Waals surface area contributed by atoms with Crippen LogP contribution in [0.15, 0.2) is 42.5 Å². The van der Waals surface area contributed by atoms with Crippen LogP contribution in [0, 0.1) is 6.92 Å². The van der Waals surface area contributed by atoms with Gasteiger partial charge in [0.2, 0.25) is 0 Å². The van der Waals surface area contributed by atoms with E-state index in [-0.39, 0.29) is 6.09 Å². The van der Waals surface area contributed by atoms with E-state index >= 15 is 0 Å². The summed E-state index contributed by atoms with van der Waals surface area (Å²) in [5, 5.41) is 0. The lowest BCUT2D eigenvalue weighted by molar-refractivity contribution is 0.00578. The number of benzene rings is 2. The first-order valence-corrected chi connectivity index (χ1v) is 14.5. The van der Waals surface area contributed by atoms with E-state index < -0.39 is 23.9 Å². The van der Waals surface area contributed by atoms with Gasteiger partial charge >= 0.3 is 13.2 Å². The predicted molar refractivity (Wildman–Crippen MR) is 160 cm³/mol. The highest BCUT2D eigenvalue weighted by molar-refractivity contribution is 6.62. The van der Waals surface area contributed by atoms with Gasteiger partial charge in [0, 0.05) is 31.4 Å². The van der Waals surface area contributed by atoms with Crippen LogP contribution in [0.3, 0.4) is 0 Å². The Bertz CT molecular complexity index is 1130. The average Bonchev–Trinajstić information content (AvgIpc) is 3.08. The Labute approximate surface area is 236 Å². The third-order valence-corrected chi connectivity index (χ3v) is 8.48. The minimum Gasteiger partial charge on any atom is -0.444 e. The number of piperidine rings is 1. The second-order valence-corrected chi connectivity index (χ2v) is 13.1. The minimum atomic E-state index is -0.483. The van der Waals surface area contributed by atoms with Crippen molar-refractivity contribution in [1.29, 1.82) is 0 Å². The first-order chi connectivity index (χ1) is 18.2. The van der Waals surface area contributed by atoms with Gasteiger partial charge in [0.1, 0.15) is 5.60 Å². The van der Waals surface area contributed by atoms with Crippen molar-refractivity contribution < 1.29 is 18.8 Å². The molecule has 0 aliphatic carbocycles. The number of nitrogens with zero attached hydrogens (tertiary/aromatic N) is 2. The maximum absolute atomic E-state index is 12.7. The Morgan fingerprint density at radius 1 is 1.05 bits per heavy atom. The average molecular weight is 535 g/mol. The van der Waals surface area contributed by atoms with Crippen molar-refractivity contribution in [2.75, 3.05) is 24.5 Å². The fourth-order valence-electron chi connectivity index (χ4n) is 5.51. The van der Waals surface area contributed by atoms with Gasteiger partial charge in [-0.25, -0.2) is 4.79 Å². The summed E-state index contributed by atoms with van der Waals surface area (Å²) in [5.41, 5.74) is 4.86. The topological polar surface area (TPSA) is 51.2 Å². The molecule has 0 aromatic heterocycles. The summed E-state index contributed by atoms with van der Waals surface area (Å²) in [7, 11) is -0.420. The van der Waals surface area contributed by atoms with Crippen LogP contribution in [0.1, 0.15) is 84.9 Å². The molecule has 2 fully saturated rings. The molecule has 0 bridgehead atoms. The number of rotatable bonds is 6. The lowest BCUT2D eigenvalue weighted by Gasteiger charge is -2.40. The van der Waals surface area contributed by atoms with E-state index in [9.17, 15) is 4.79 Å². The van der Waals surface area contributed by atoms with Crippen LogP contribution < -0.4 is 10.4 Å². The maximum Gasteiger partial charge on any atom is 0.494 e. The van der Waals surface area contributed by atoms with Crippen LogP contribution in [0.2, 0.25) is 0 Å². The smallest absolute Gasteiger partial charge is 0.444 e. The minimum absolute atomic E-state index is 0.215. The normalized spacial score (nSPS) is 19.3. The molecule has 212 valence electrons. The van der Waals surface area contributed by atoms with Crippen molar-refractivity contribution in [3.8, 4) is 0 Å². The molecule has 7 heteroatoms. The number of carbonyl (C=O) groups excluding carboxylic acids is 1. The number of anilines is 1. The molecule has 2 heterocycles. The first kappa shape index (κ1) is 29.5. The molecule has 0 unspecified atom stereocenters. The van der Waals surface area contributed by atoms with Gasteiger partial charge in [0.05, 0.1) is 11.2 Å². The second kappa shape index (κ2) is 11.2. The van der Waals surface area contributed by atoms with Gasteiger partial charge in [-0.1, -0.05) is 36.4 Å². The summed E-state index contributed by atoms with van der Waals surface area (Å²) in [6.45, 7) is 20.9. The largest absolute Gasteiger partial charge is 0.494 e. The third kappa shape index (κ3) is 6.63. The van der Waals surface area contributed by atoms with Gasteiger partial charge in [-0.3, -0.25) is 0 Å². The van der Waals surface area contributed by atoms with Crippen LogP contribution in [-0.2, 0) is 20.5 Å². The number of hydrogen-bond acceptors (Lipinski definition) is 5. The highest BCUT2D eigenvalue weighted by Crippen LogP contribution is 2.37. The molecule has 0 saturated carbocycles. The zero-order chi connectivity index (χ0) is 28.6. The van der Waals surface area contributed by atoms with Crippen molar-refractivity contribution in [2.24, 2.45) is 0 Å². The van der Waals surface area contributed by atoms with Crippen LogP contribution in [-0.4, -0.2) is 60.6 Å². The summed E-state index contributed by atoms with van der Waals surface area (Å²) in [6, 6.07) is 15.5. The zero-order valence-corrected chi connectivity index (χ0v) is 25.5. The van der Waals surface area contributed by atoms with Crippen molar-refractivity contribution in [1.82, 2.24) is 4.90 Å². The van der Waals surface area contributed by atoms with Crippen LogP contribution >= 0.6 is 0 Å². The first-order valence-electron chi connectivity index (χ1n) is 14.5. The number of carbonyl (C=O) groups is 1. The molecule has 2 aromatic rings. The molecule has 0 atom stereocenters. The van der Waals surface area contributed by atoms with E-state index in [0.29, 0.717) is 19.1 Å². The number of amides is 1. The van der Waals surface area contributed by atoms with Crippen LogP contribution in [0.5, 0.6) is 0 Å². The molecule has 39 heavy (non-hydrogen) atoms. The van der Waals surface area contributed by atoms with E-state index in [0.717, 1.165) is 31.3 Å². The van der Waals surface area contributed by atoms with Crippen molar-refractivity contribution >= 4 is 24.4 Å². The summed E-state index contributed by atoms with van der Waals surface area (Å²) in [6.07, 6.45) is 2.44. The van der Waals surface area contributed by atoms with E-state index in [4.69, 9.17) is 14.0 Å². The van der Waals surface area contributed by atoms with Gasteiger partial charge in [-0.2, -0.15) is 0 Å². The predicted octanol–water partition coefficient (Wildman–Crippen LogP) is 6.11. The van der Waals surface area contributed by atoms with E-state index in [1.165, 1.54) is 22.4 Å². The summed E-state index contributed by atoms with van der Waals surface area (Å²) in [5.74, 6) is 0. The third-order valence-electron chi connectivity index (χ3n) is 8.48. The Morgan fingerprint density at radius 2 is 1.64 bits per heavy atom. The van der Waals surface area contributed by atoms with Crippen LogP contribution in [0.4, 0.5) is 10.5 Å². The molecule has 2 aliphatic rings. The lowest BCUT2D eigenvalue weighted by Crippen LogP contribution is -2.48. The molecular formula is C32H47BN2O4. The number of likely N-dealkylation sites (tertiary alicyclic amines) is 1. The highest BCUT2D eigenvalue weighted by Gasteiger charge is 2.52. The lowest BCUT2D eigenvalue weighted by atomic mass is 9.76. The standard InChI is InChI=1S/C32H47BN2O4/c1-10-35(27-16-18-34(19-17-27)29(36)37-30(3,4)5)28-22-26(33-38-31(6,7)32(8,9)39-33)21-25(23(28)2)20-24-14-12-11-13-15-24/h11-15,21-22,27H,10,16-20H2,1-9H3.